The zero-order chi connectivity index (χ0) is 12.3. The van der Waals surface area contributed by atoms with E-state index in [2.05, 4.69) is 4.98 Å². The van der Waals surface area contributed by atoms with Crippen LogP contribution in [0.4, 0.5) is 4.39 Å². The van der Waals surface area contributed by atoms with Crippen molar-refractivity contribution in [2.75, 3.05) is 7.11 Å². The summed E-state index contributed by atoms with van der Waals surface area (Å²) >= 11 is 0. The molecule has 0 spiro atoms. The SMILES string of the molecule is COc1cncc(C(=O)c2ccc(F)cc2)c1. The molecule has 0 aliphatic rings. The van der Waals surface area contributed by atoms with Gasteiger partial charge in [-0.25, -0.2) is 4.39 Å². The van der Waals surface area contributed by atoms with Crippen molar-refractivity contribution in [1.82, 2.24) is 4.98 Å². The molecule has 1 aromatic carbocycles. The number of ether oxygens (including phenoxy) is 1. The van der Waals surface area contributed by atoms with E-state index in [9.17, 15) is 9.18 Å². The van der Waals surface area contributed by atoms with E-state index in [-0.39, 0.29) is 11.6 Å². The molecule has 0 fully saturated rings. The Morgan fingerprint density at radius 3 is 2.53 bits per heavy atom. The Hall–Kier alpha value is -2.23. The second kappa shape index (κ2) is 4.74. The molecule has 3 nitrogen and oxygen atoms in total. The van der Waals surface area contributed by atoms with E-state index < -0.39 is 0 Å². The molecule has 0 saturated heterocycles. The largest absolute Gasteiger partial charge is 0.495 e. The van der Waals surface area contributed by atoms with Crippen LogP contribution in [-0.2, 0) is 0 Å². The maximum atomic E-state index is 12.7. The summed E-state index contributed by atoms with van der Waals surface area (Å²) in [5.41, 5.74) is 0.831. The fraction of sp³-hybridized carbons (Fsp3) is 0.0769. The summed E-state index contributed by atoms with van der Waals surface area (Å²) in [6.07, 6.45) is 2.97. The normalized spacial score (nSPS) is 10.0. The molecule has 0 radical (unpaired) electrons. The van der Waals surface area contributed by atoms with E-state index in [1.54, 1.807) is 6.07 Å². The molecule has 2 aromatic rings. The lowest BCUT2D eigenvalue weighted by atomic mass is 10.1. The minimum absolute atomic E-state index is 0.212. The molecule has 2 rings (SSSR count). The lowest BCUT2D eigenvalue weighted by molar-refractivity contribution is 0.103. The van der Waals surface area contributed by atoms with Crippen molar-refractivity contribution in [1.29, 1.82) is 0 Å². The van der Waals surface area contributed by atoms with Crippen LogP contribution in [0, 0.1) is 5.82 Å². The summed E-state index contributed by atoms with van der Waals surface area (Å²) in [5, 5.41) is 0. The number of carbonyl (C=O) groups excluding carboxylic acids is 1. The van der Waals surface area contributed by atoms with Gasteiger partial charge in [0.1, 0.15) is 11.6 Å². The summed E-state index contributed by atoms with van der Waals surface area (Å²) in [7, 11) is 1.50. The first-order chi connectivity index (χ1) is 8.20. The smallest absolute Gasteiger partial charge is 0.194 e. The third-order valence-corrected chi connectivity index (χ3v) is 2.32. The Labute approximate surface area is 97.9 Å². The Morgan fingerprint density at radius 1 is 1.18 bits per heavy atom. The number of hydrogen-bond acceptors (Lipinski definition) is 3. The van der Waals surface area contributed by atoms with Gasteiger partial charge in [0.15, 0.2) is 5.78 Å². The van der Waals surface area contributed by atoms with Gasteiger partial charge in [-0.15, -0.1) is 0 Å². The molecule has 0 bridgehead atoms. The molecule has 0 aliphatic heterocycles. The lowest BCUT2D eigenvalue weighted by Crippen LogP contribution is -2.02. The van der Waals surface area contributed by atoms with E-state index in [1.807, 2.05) is 0 Å². The number of methoxy groups -OCH3 is 1. The second-order valence-electron chi connectivity index (χ2n) is 3.45. The predicted molar refractivity (Wildman–Crippen MR) is 60.6 cm³/mol. The number of hydrogen-bond donors (Lipinski definition) is 0. The van der Waals surface area contributed by atoms with Crippen molar-refractivity contribution in [3.63, 3.8) is 0 Å². The average molecular weight is 231 g/mol. The van der Waals surface area contributed by atoms with Crippen LogP contribution >= 0.6 is 0 Å². The van der Waals surface area contributed by atoms with Gasteiger partial charge in [-0.05, 0) is 30.3 Å². The quantitative estimate of drug-likeness (QED) is 0.762. The van der Waals surface area contributed by atoms with Crippen LogP contribution in [0.2, 0.25) is 0 Å². The molecular formula is C13H10FNO2. The number of pyridine rings is 1. The fourth-order valence-electron chi connectivity index (χ4n) is 1.42. The first-order valence-electron chi connectivity index (χ1n) is 5.00. The fourth-order valence-corrected chi connectivity index (χ4v) is 1.42. The van der Waals surface area contributed by atoms with Crippen molar-refractivity contribution in [2.24, 2.45) is 0 Å². The van der Waals surface area contributed by atoms with Crippen molar-refractivity contribution < 1.29 is 13.9 Å². The summed E-state index contributed by atoms with van der Waals surface area (Å²) in [5.74, 6) is -0.0697. The van der Waals surface area contributed by atoms with Gasteiger partial charge in [0.25, 0.3) is 0 Å². The Balaban J connectivity index is 2.33. The maximum absolute atomic E-state index is 12.7. The zero-order valence-corrected chi connectivity index (χ0v) is 9.18. The third-order valence-electron chi connectivity index (χ3n) is 2.32. The first kappa shape index (κ1) is 11.3. The standard InChI is InChI=1S/C13H10FNO2/c1-17-12-6-10(7-15-8-12)13(16)9-2-4-11(14)5-3-9/h2-8H,1H3. The van der Waals surface area contributed by atoms with Crippen molar-refractivity contribution in [2.45, 2.75) is 0 Å². The van der Waals surface area contributed by atoms with Gasteiger partial charge in [-0.3, -0.25) is 9.78 Å². The molecule has 0 amide bonds. The van der Waals surface area contributed by atoms with E-state index in [0.717, 1.165) is 0 Å². The summed E-state index contributed by atoms with van der Waals surface area (Å²) in [6, 6.07) is 6.98. The third kappa shape index (κ3) is 2.47. The van der Waals surface area contributed by atoms with Crippen LogP contribution < -0.4 is 4.74 Å². The van der Waals surface area contributed by atoms with Crippen molar-refractivity contribution in [3.05, 3.63) is 59.7 Å². The molecule has 1 aromatic heterocycles. The molecule has 0 aliphatic carbocycles. The van der Waals surface area contributed by atoms with Crippen LogP contribution in [-0.4, -0.2) is 17.9 Å². The highest BCUT2D eigenvalue weighted by atomic mass is 19.1. The number of halogens is 1. The lowest BCUT2D eigenvalue weighted by Gasteiger charge is -2.03. The highest BCUT2D eigenvalue weighted by Gasteiger charge is 2.10. The average Bonchev–Trinajstić information content (AvgIpc) is 2.39. The van der Waals surface area contributed by atoms with Crippen LogP contribution in [0.25, 0.3) is 0 Å². The zero-order valence-electron chi connectivity index (χ0n) is 9.18. The van der Waals surface area contributed by atoms with E-state index >= 15 is 0 Å². The van der Waals surface area contributed by atoms with Gasteiger partial charge in [-0.1, -0.05) is 0 Å². The molecule has 4 heteroatoms. The number of aromatic nitrogens is 1. The number of benzene rings is 1. The second-order valence-corrected chi connectivity index (χ2v) is 3.45. The van der Waals surface area contributed by atoms with Crippen LogP contribution in [0.15, 0.2) is 42.7 Å². The molecule has 17 heavy (non-hydrogen) atoms. The van der Waals surface area contributed by atoms with Crippen LogP contribution in [0.3, 0.4) is 0 Å². The summed E-state index contributed by atoms with van der Waals surface area (Å²) < 4.78 is 17.7. The van der Waals surface area contributed by atoms with Crippen molar-refractivity contribution in [3.8, 4) is 5.75 Å². The van der Waals surface area contributed by atoms with E-state index in [0.29, 0.717) is 16.9 Å². The van der Waals surface area contributed by atoms with E-state index in [1.165, 1.54) is 43.8 Å². The molecule has 0 saturated carbocycles. The molecule has 0 N–H and O–H groups in total. The molecule has 0 atom stereocenters. The molecule has 86 valence electrons. The molecular weight excluding hydrogens is 221 g/mol. The van der Waals surface area contributed by atoms with E-state index in [4.69, 9.17) is 4.74 Å². The van der Waals surface area contributed by atoms with Gasteiger partial charge < -0.3 is 4.74 Å². The highest BCUT2D eigenvalue weighted by Crippen LogP contribution is 2.14. The molecule has 1 heterocycles. The Bertz CT molecular complexity index is 537. The highest BCUT2D eigenvalue weighted by molar-refractivity contribution is 6.08. The van der Waals surface area contributed by atoms with Gasteiger partial charge >= 0.3 is 0 Å². The Kier molecular flexibility index (Phi) is 3.14. The Morgan fingerprint density at radius 2 is 1.88 bits per heavy atom. The van der Waals surface area contributed by atoms with Gasteiger partial charge in [-0.2, -0.15) is 0 Å². The van der Waals surface area contributed by atoms with Crippen LogP contribution in [0.5, 0.6) is 5.75 Å². The number of ketones is 1. The predicted octanol–water partition coefficient (Wildman–Crippen LogP) is 2.46. The summed E-state index contributed by atoms with van der Waals surface area (Å²) in [6.45, 7) is 0. The van der Waals surface area contributed by atoms with Crippen LogP contribution in [0.1, 0.15) is 15.9 Å². The van der Waals surface area contributed by atoms with Gasteiger partial charge in [0.2, 0.25) is 0 Å². The number of carbonyl (C=O) groups is 1. The van der Waals surface area contributed by atoms with Crippen molar-refractivity contribution >= 4 is 5.78 Å². The van der Waals surface area contributed by atoms with Gasteiger partial charge in [0, 0.05) is 17.3 Å². The molecule has 0 unspecified atom stereocenters. The first-order valence-corrected chi connectivity index (χ1v) is 5.00. The minimum atomic E-state index is -0.370. The monoisotopic (exact) mass is 231 g/mol. The number of nitrogens with zero attached hydrogens (tertiary/aromatic N) is 1. The maximum Gasteiger partial charge on any atom is 0.194 e. The topological polar surface area (TPSA) is 39.2 Å². The summed E-state index contributed by atoms with van der Waals surface area (Å²) in [4.78, 5) is 15.9. The van der Waals surface area contributed by atoms with Gasteiger partial charge in [0.05, 0.1) is 13.3 Å². The number of rotatable bonds is 3. The minimum Gasteiger partial charge on any atom is -0.495 e.